The smallest absolute Gasteiger partial charge is 0.417 e. The molecule has 4 aliphatic rings. The molecule has 6 unspecified atom stereocenters. The zero-order valence-electron chi connectivity index (χ0n) is 27.1. The summed E-state index contributed by atoms with van der Waals surface area (Å²) < 4.78 is 51.8. The molecule has 16 heteroatoms. The second-order valence-corrected chi connectivity index (χ2v) is 13.8. The van der Waals surface area contributed by atoms with Gasteiger partial charge in [0.15, 0.2) is 5.82 Å². The lowest BCUT2D eigenvalue weighted by Crippen LogP contribution is -2.53. The van der Waals surface area contributed by atoms with E-state index in [4.69, 9.17) is 32.7 Å². The Kier molecular flexibility index (Phi) is 8.25. The minimum absolute atomic E-state index is 0.0569. The van der Waals surface area contributed by atoms with Crippen LogP contribution in [0.1, 0.15) is 35.4 Å². The second kappa shape index (κ2) is 12.2. The number of fused-ring (bicyclic) bond motifs is 4. The van der Waals surface area contributed by atoms with Gasteiger partial charge in [0.2, 0.25) is 11.8 Å². The van der Waals surface area contributed by atoms with E-state index in [2.05, 4.69) is 10.4 Å². The number of alkyl halides is 3. The van der Waals surface area contributed by atoms with Gasteiger partial charge in [0, 0.05) is 41.9 Å². The molecule has 1 aromatic heterocycles. The number of allylic oxidation sites excluding steroid dienone is 2. The molecule has 0 spiro atoms. The van der Waals surface area contributed by atoms with Crippen LogP contribution in [0.2, 0.25) is 10.0 Å². The predicted molar refractivity (Wildman–Crippen MR) is 176 cm³/mol. The molecular formula is C35H29Cl2F3N4O7. The van der Waals surface area contributed by atoms with Gasteiger partial charge in [-0.3, -0.25) is 29.5 Å². The van der Waals surface area contributed by atoms with Gasteiger partial charge in [-0.25, -0.2) is 4.98 Å². The number of rotatable bonds is 6. The molecule has 2 saturated heterocycles. The van der Waals surface area contributed by atoms with Crippen molar-refractivity contribution in [1.29, 1.82) is 0 Å². The number of nitrogens with one attached hydrogen (secondary N) is 1. The number of anilines is 1. The monoisotopic (exact) mass is 744 g/mol. The average molecular weight is 746 g/mol. The molecule has 11 nitrogen and oxygen atoms in total. The van der Waals surface area contributed by atoms with Crippen LogP contribution >= 0.6 is 23.2 Å². The van der Waals surface area contributed by atoms with E-state index < -0.39 is 69.5 Å². The molecule has 2 aliphatic carbocycles. The normalized spacial score (nSPS) is 27.2. The molecule has 3 heterocycles. The number of ether oxygens (including phenoxy) is 2. The van der Waals surface area contributed by atoms with Crippen LogP contribution in [0.5, 0.6) is 17.2 Å². The summed E-state index contributed by atoms with van der Waals surface area (Å²) in [5, 5.41) is 11.1. The van der Waals surface area contributed by atoms with Crippen LogP contribution in [0.3, 0.4) is 0 Å². The Labute approximate surface area is 298 Å². The number of methoxy groups -OCH3 is 2. The molecule has 2 N–H and O–H groups in total. The Morgan fingerprint density at radius 1 is 0.961 bits per heavy atom. The number of likely N-dealkylation sites (tertiary alicyclic amines) is 1. The number of carbonyl (C=O) groups excluding carboxylic acids is 4. The number of hydrogen-bond acceptors (Lipinski definition) is 9. The van der Waals surface area contributed by atoms with Crippen molar-refractivity contribution in [3.05, 3.63) is 87.0 Å². The number of pyridine rings is 1. The topological polar surface area (TPSA) is 138 Å². The average Bonchev–Trinajstić information content (AvgIpc) is 3.45. The van der Waals surface area contributed by atoms with Crippen LogP contribution in [0.25, 0.3) is 0 Å². The van der Waals surface area contributed by atoms with Crippen molar-refractivity contribution < 1.29 is 46.9 Å². The number of phenols is 1. The maximum atomic E-state index is 15.3. The number of phenolic OH excluding ortho intramolecular Hbond substituents is 1. The van der Waals surface area contributed by atoms with Gasteiger partial charge in [0.25, 0.3) is 11.8 Å². The fourth-order valence-corrected chi connectivity index (χ4v) is 8.80. The van der Waals surface area contributed by atoms with Gasteiger partial charge in [0.1, 0.15) is 17.2 Å². The van der Waals surface area contributed by atoms with Gasteiger partial charge in [0.05, 0.1) is 48.0 Å². The van der Waals surface area contributed by atoms with E-state index in [0.29, 0.717) is 33.4 Å². The summed E-state index contributed by atoms with van der Waals surface area (Å²) in [6, 6.07) is 9.60. The van der Waals surface area contributed by atoms with Gasteiger partial charge in [-0.05, 0) is 42.5 Å². The van der Waals surface area contributed by atoms with Crippen LogP contribution in [-0.2, 0) is 30.8 Å². The number of nitrogens with zero attached hydrogens (tertiary/aromatic N) is 3. The highest BCUT2D eigenvalue weighted by atomic mass is 35.5. The van der Waals surface area contributed by atoms with Crippen LogP contribution in [0.15, 0.2) is 60.3 Å². The van der Waals surface area contributed by atoms with Crippen molar-refractivity contribution in [2.45, 2.75) is 30.4 Å². The summed E-state index contributed by atoms with van der Waals surface area (Å²) in [7, 11) is 4.12. The number of carbonyl (C=O) groups is 4. The standard InChI is InChI=1S/C35H29Cl2F3N4O7/c1-43-30(46)20-9-8-19-21(26(20)32(43)48)13-22-31(47)44(42-29-23(37)10-16(14-41-29)35(38,39)40)33(49)34(22,15-4-6-17(36)7-5-15)28(19)27-24(50-2)11-18(45)12-25(27)51-3/h4-8,10-12,14,20-22,26,28,45H,9,13H2,1-3H3,(H,41,42). The van der Waals surface area contributed by atoms with E-state index in [0.717, 1.165) is 4.90 Å². The summed E-state index contributed by atoms with van der Waals surface area (Å²) >= 11 is 12.5. The first kappa shape index (κ1) is 34.6. The molecule has 4 amide bonds. The fourth-order valence-electron chi connectivity index (χ4n) is 8.46. The van der Waals surface area contributed by atoms with Crippen molar-refractivity contribution >= 4 is 52.6 Å². The number of hydrogen-bond donors (Lipinski definition) is 2. The van der Waals surface area contributed by atoms with Gasteiger partial charge < -0.3 is 14.6 Å². The Balaban J connectivity index is 1.50. The van der Waals surface area contributed by atoms with Crippen molar-refractivity contribution in [1.82, 2.24) is 14.9 Å². The highest BCUT2D eigenvalue weighted by molar-refractivity contribution is 6.33. The van der Waals surface area contributed by atoms with Crippen LogP contribution in [-0.4, -0.2) is 64.9 Å². The third-order valence-corrected chi connectivity index (χ3v) is 11.1. The quantitative estimate of drug-likeness (QED) is 0.239. The molecule has 51 heavy (non-hydrogen) atoms. The fraction of sp³-hybridized carbons (Fsp3) is 0.343. The molecule has 0 radical (unpaired) electrons. The molecule has 2 aliphatic heterocycles. The van der Waals surface area contributed by atoms with Gasteiger partial charge >= 0.3 is 6.18 Å². The van der Waals surface area contributed by atoms with Crippen molar-refractivity contribution in [2.75, 3.05) is 26.7 Å². The van der Waals surface area contributed by atoms with Gasteiger partial charge in [-0.2, -0.15) is 18.2 Å². The molecule has 6 atom stereocenters. The minimum Gasteiger partial charge on any atom is -0.508 e. The zero-order chi connectivity index (χ0) is 36.7. The van der Waals surface area contributed by atoms with E-state index in [-0.39, 0.29) is 47.4 Å². The Morgan fingerprint density at radius 2 is 1.61 bits per heavy atom. The zero-order valence-corrected chi connectivity index (χ0v) is 28.6. The summed E-state index contributed by atoms with van der Waals surface area (Å²) in [5.74, 6) is -7.34. The molecule has 0 bridgehead atoms. The molecule has 2 aromatic carbocycles. The van der Waals surface area contributed by atoms with Gasteiger partial charge in [-0.15, -0.1) is 0 Å². The molecule has 3 fully saturated rings. The lowest BCUT2D eigenvalue weighted by Gasteiger charge is -2.51. The number of hydrazine groups is 1. The number of halogens is 5. The Hall–Kier alpha value is -4.82. The van der Waals surface area contributed by atoms with Crippen molar-refractivity contribution in [3.8, 4) is 17.2 Å². The third-order valence-electron chi connectivity index (χ3n) is 10.6. The Morgan fingerprint density at radius 3 is 2.20 bits per heavy atom. The first-order valence-corrected chi connectivity index (χ1v) is 16.5. The number of aromatic nitrogens is 1. The molecular weight excluding hydrogens is 716 g/mol. The lowest BCUT2D eigenvalue weighted by molar-refractivity contribution is -0.140. The first-order chi connectivity index (χ1) is 24.1. The van der Waals surface area contributed by atoms with Crippen molar-refractivity contribution in [3.63, 3.8) is 0 Å². The second-order valence-electron chi connectivity index (χ2n) is 12.9. The van der Waals surface area contributed by atoms with E-state index >= 15 is 4.79 Å². The first-order valence-electron chi connectivity index (χ1n) is 15.7. The number of aromatic hydroxyl groups is 1. The molecule has 1 saturated carbocycles. The highest BCUT2D eigenvalue weighted by Gasteiger charge is 2.71. The SMILES string of the molecule is COc1cc(O)cc(OC)c1C1C2=CCC3C(=O)N(C)C(=O)C3C2CC2C(=O)N(Nc3ncc(C(F)(F)F)cc3Cl)C(=O)C21c1ccc(Cl)cc1. The van der Waals surface area contributed by atoms with Crippen LogP contribution in [0.4, 0.5) is 19.0 Å². The van der Waals surface area contributed by atoms with Crippen LogP contribution < -0.4 is 14.9 Å². The summed E-state index contributed by atoms with van der Waals surface area (Å²) in [4.78, 5) is 61.8. The lowest BCUT2D eigenvalue weighted by atomic mass is 9.49. The number of imide groups is 2. The molecule has 3 aromatic rings. The number of amides is 4. The molecule has 266 valence electrons. The third kappa shape index (κ3) is 5.05. The summed E-state index contributed by atoms with van der Waals surface area (Å²) in [5.41, 5.74) is 0.835. The summed E-state index contributed by atoms with van der Waals surface area (Å²) in [6.07, 6.45) is -2.30. The van der Waals surface area contributed by atoms with E-state index in [1.165, 1.54) is 33.4 Å². The highest BCUT2D eigenvalue weighted by Crippen LogP contribution is 2.66. The maximum Gasteiger partial charge on any atom is 0.417 e. The minimum atomic E-state index is -4.76. The van der Waals surface area contributed by atoms with E-state index in [1.54, 1.807) is 24.3 Å². The number of benzene rings is 2. The molecule has 7 rings (SSSR count). The van der Waals surface area contributed by atoms with Gasteiger partial charge in [-0.1, -0.05) is 47.0 Å². The predicted octanol–water partition coefficient (Wildman–Crippen LogP) is 5.74. The summed E-state index contributed by atoms with van der Waals surface area (Å²) in [6.45, 7) is 0. The maximum absolute atomic E-state index is 15.3. The van der Waals surface area contributed by atoms with E-state index in [1.807, 2.05) is 6.08 Å². The van der Waals surface area contributed by atoms with Crippen molar-refractivity contribution in [2.24, 2.45) is 23.7 Å². The van der Waals surface area contributed by atoms with Crippen LogP contribution in [0, 0.1) is 23.7 Å². The van der Waals surface area contributed by atoms with E-state index in [9.17, 15) is 32.7 Å². The largest absolute Gasteiger partial charge is 0.508 e. The Bertz CT molecular complexity index is 2020.